The summed E-state index contributed by atoms with van der Waals surface area (Å²) < 4.78 is 19.8. The predicted molar refractivity (Wildman–Crippen MR) is 127 cm³/mol. The van der Waals surface area contributed by atoms with E-state index in [1.807, 2.05) is 54.6 Å². The number of rotatable bonds is 10. The van der Waals surface area contributed by atoms with Crippen LogP contribution >= 0.6 is 11.6 Å². The van der Waals surface area contributed by atoms with E-state index in [0.29, 0.717) is 48.1 Å². The fourth-order valence-electron chi connectivity index (χ4n) is 3.83. The summed E-state index contributed by atoms with van der Waals surface area (Å²) in [4.78, 5) is 7.70. The number of oxime groups is 1. The average Bonchev–Trinajstić information content (AvgIpc) is 3.27. The molecule has 0 unspecified atom stereocenters. The molecule has 0 fully saturated rings. The molecule has 33 heavy (non-hydrogen) atoms. The Bertz CT molecular complexity index is 1080. The van der Waals surface area contributed by atoms with Crippen molar-refractivity contribution in [2.24, 2.45) is 5.16 Å². The van der Waals surface area contributed by atoms with Gasteiger partial charge in [0.25, 0.3) is 0 Å². The van der Waals surface area contributed by atoms with Gasteiger partial charge in [-0.25, -0.2) is 4.39 Å². The number of benzene rings is 3. The average molecular weight is 469 g/mol. The van der Waals surface area contributed by atoms with Gasteiger partial charge in [-0.3, -0.25) is 4.90 Å². The molecule has 172 valence electrons. The quantitative estimate of drug-likeness (QED) is 0.459. The second-order valence-corrected chi connectivity index (χ2v) is 8.49. The Labute approximate surface area is 198 Å². The van der Waals surface area contributed by atoms with E-state index in [9.17, 15) is 9.50 Å². The maximum absolute atomic E-state index is 14.1. The first-order valence-electron chi connectivity index (χ1n) is 10.9. The van der Waals surface area contributed by atoms with E-state index in [1.54, 1.807) is 18.2 Å². The third-order valence-electron chi connectivity index (χ3n) is 5.33. The zero-order valence-corrected chi connectivity index (χ0v) is 18.9. The molecule has 7 heteroatoms. The van der Waals surface area contributed by atoms with Crippen LogP contribution in [0, 0.1) is 5.82 Å². The molecule has 1 N–H and O–H groups in total. The lowest BCUT2D eigenvalue weighted by Crippen LogP contribution is -2.39. The lowest BCUT2D eigenvalue weighted by Gasteiger charge is -2.27. The van der Waals surface area contributed by atoms with Gasteiger partial charge in [-0.15, -0.1) is 0 Å². The summed E-state index contributed by atoms with van der Waals surface area (Å²) in [5, 5.41) is 15.4. The predicted octanol–water partition coefficient (Wildman–Crippen LogP) is 4.91. The van der Waals surface area contributed by atoms with Gasteiger partial charge in [-0.1, -0.05) is 65.3 Å². The summed E-state index contributed by atoms with van der Waals surface area (Å²) >= 11 is 6.16. The van der Waals surface area contributed by atoms with Gasteiger partial charge in [0.15, 0.2) is 0 Å². The summed E-state index contributed by atoms with van der Waals surface area (Å²) in [6, 6.07) is 23.6. The van der Waals surface area contributed by atoms with Crippen molar-refractivity contribution < 1.29 is 19.1 Å². The highest BCUT2D eigenvalue weighted by molar-refractivity contribution is 6.30. The second-order valence-electron chi connectivity index (χ2n) is 8.05. The first-order valence-corrected chi connectivity index (χ1v) is 11.2. The van der Waals surface area contributed by atoms with Crippen molar-refractivity contribution in [1.29, 1.82) is 0 Å². The molecule has 3 aromatic rings. The van der Waals surface area contributed by atoms with Crippen molar-refractivity contribution >= 4 is 17.3 Å². The maximum atomic E-state index is 14.1. The number of ether oxygens (including phenoxy) is 1. The third-order valence-corrected chi connectivity index (χ3v) is 5.56. The van der Waals surface area contributed by atoms with Crippen LogP contribution in [-0.4, -0.2) is 47.6 Å². The Morgan fingerprint density at radius 2 is 1.88 bits per heavy atom. The largest absolute Gasteiger partial charge is 0.491 e. The van der Waals surface area contributed by atoms with Crippen molar-refractivity contribution in [3.63, 3.8) is 0 Å². The molecule has 0 saturated carbocycles. The van der Waals surface area contributed by atoms with Crippen LogP contribution in [-0.2, 0) is 11.4 Å². The molecule has 3 aromatic carbocycles. The highest BCUT2D eigenvalue weighted by Crippen LogP contribution is 2.21. The van der Waals surface area contributed by atoms with Crippen LogP contribution < -0.4 is 4.74 Å². The van der Waals surface area contributed by atoms with E-state index in [1.165, 1.54) is 6.07 Å². The molecule has 4 rings (SSSR count). The monoisotopic (exact) mass is 468 g/mol. The molecule has 0 saturated heterocycles. The molecular formula is C26H26ClFN2O3. The van der Waals surface area contributed by atoms with Gasteiger partial charge in [0.1, 0.15) is 30.4 Å². The van der Waals surface area contributed by atoms with Gasteiger partial charge in [0, 0.05) is 36.6 Å². The van der Waals surface area contributed by atoms with E-state index in [0.717, 1.165) is 5.56 Å². The highest BCUT2D eigenvalue weighted by Gasteiger charge is 2.27. The van der Waals surface area contributed by atoms with Gasteiger partial charge in [0.2, 0.25) is 0 Å². The Hall–Kier alpha value is -2.93. The fourth-order valence-corrected chi connectivity index (χ4v) is 4.04. The summed E-state index contributed by atoms with van der Waals surface area (Å²) in [6.07, 6.45) is -0.470. The topological polar surface area (TPSA) is 54.3 Å². The van der Waals surface area contributed by atoms with Crippen molar-refractivity contribution in [2.75, 3.05) is 19.7 Å². The molecule has 1 heterocycles. The standard InChI is InChI=1S/C26H26ClFN2O3/c27-20-8-6-7-19(13-20)15-30(16-21(31)18-32-22-9-2-1-3-10-22)17-23-14-26(29-33-23)24-11-4-5-12-25(24)28/h1-13,21,23,31H,14-18H2/t21-,23+/m0/s1. The van der Waals surface area contributed by atoms with Crippen molar-refractivity contribution in [1.82, 2.24) is 4.90 Å². The first kappa shape index (κ1) is 23.2. The van der Waals surface area contributed by atoms with Crippen LogP contribution in [0.3, 0.4) is 0 Å². The SMILES string of the molecule is O[C@H](COc1ccccc1)CN(Cc1cccc(Cl)c1)C[C@H]1CC(c2ccccc2F)=NO1. The normalized spacial score (nSPS) is 16.4. The summed E-state index contributed by atoms with van der Waals surface area (Å²) in [6.45, 7) is 1.61. The molecule has 0 aromatic heterocycles. The number of hydrogen-bond acceptors (Lipinski definition) is 5. The van der Waals surface area contributed by atoms with Crippen LogP contribution in [0.15, 0.2) is 84.0 Å². The minimum atomic E-state index is -0.710. The summed E-state index contributed by atoms with van der Waals surface area (Å²) in [5.74, 6) is 0.393. The minimum absolute atomic E-state index is 0.165. The highest BCUT2D eigenvalue weighted by atomic mass is 35.5. The second kappa shape index (κ2) is 11.3. The van der Waals surface area contributed by atoms with Gasteiger partial charge in [-0.2, -0.15) is 0 Å². The van der Waals surface area contributed by atoms with Crippen molar-refractivity contribution in [3.05, 3.63) is 101 Å². The smallest absolute Gasteiger partial charge is 0.145 e. The summed E-state index contributed by atoms with van der Waals surface area (Å²) in [7, 11) is 0. The molecule has 0 amide bonds. The number of aliphatic hydroxyl groups excluding tert-OH is 1. The molecule has 2 atom stereocenters. The van der Waals surface area contributed by atoms with Gasteiger partial charge in [-0.05, 0) is 35.9 Å². The first-order chi connectivity index (χ1) is 16.1. The Kier molecular flexibility index (Phi) is 7.94. The van der Waals surface area contributed by atoms with E-state index >= 15 is 0 Å². The molecular weight excluding hydrogens is 443 g/mol. The lowest BCUT2D eigenvalue weighted by atomic mass is 10.0. The zero-order valence-electron chi connectivity index (χ0n) is 18.1. The summed E-state index contributed by atoms with van der Waals surface area (Å²) in [5.41, 5.74) is 2.07. The van der Waals surface area contributed by atoms with Gasteiger partial charge >= 0.3 is 0 Å². The molecule has 0 radical (unpaired) electrons. The number of aliphatic hydroxyl groups is 1. The number of para-hydroxylation sites is 1. The van der Waals surface area contributed by atoms with E-state index in [-0.39, 0.29) is 18.5 Å². The Morgan fingerprint density at radius 1 is 1.09 bits per heavy atom. The third kappa shape index (κ3) is 6.78. The number of halogens is 2. The molecule has 0 aliphatic carbocycles. The van der Waals surface area contributed by atoms with Crippen LogP contribution in [0.1, 0.15) is 17.5 Å². The number of hydrogen-bond donors (Lipinski definition) is 1. The minimum Gasteiger partial charge on any atom is -0.491 e. The fraction of sp³-hybridized carbons (Fsp3) is 0.269. The van der Waals surface area contributed by atoms with E-state index in [4.69, 9.17) is 21.2 Å². The maximum Gasteiger partial charge on any atom is 0.145 e. The van der Waals surface area contributed by atoms with Crippen molar-refractivity contribution in [2.45, 2.75) is 25.2 Å². The molecule has 0 spiro atoms. The molecule has 0 bridgehead atoms. The van der Waals surface area contributed by atoms with Crippen LogP contribution in [0.5, 0.6) is 5.75 Å². The zero-order chi connectivity index (χ0) is 23.0. The van der Waals surface area contributed by atoms with Gasteiger partial charge in [0.05, 0.1) is 5.71 Å². The van der Waals surface area contributed by atoms with Crippen molar-refractivity contribution in [3.8, 4) is 5.75 Å². The van der Waals surface area contributed by atoms with Crippen LogP contribution in [0.4, 0.5) is 4.39 Å². The van der Waals surface area contributed by atoms with Crippen LogP contribution in [0.2, 0.25) is 5.02 Å². The Morgan fingerprint density at radius 3 is 2.67 bits per heavy atom. The van der Waals surface area contributed by atoms with E-state index in [2.05, 4.69) is 10.1 Å². The Balaban J connectivity index is 1.39. The number of nitrogens with zero attached hydrogens (tertiary/aromatic N) is 2. The van der Waals surface area contributed by atoms with E-state index < -0.39 is 6.10 Å². The molecule has 1 aliphatic rings. The lowest BCUT2D eigenvalue weighted by molar-refractivity contribution is 0.0213. The van der Waals surface area contributed by atoms with Crippen LogP contribution in [0.25, 0.3) is 0 Å². The van der Waals surface area contributed by atoms with Gasteiger partial charge < -0.3 is 14.7 Å². The molecule has 5 nitrogen and oxygen atoms in total. The molecule has 1 aliphatic heterocycles.